The Morgan fingerprint density at radius 3 is 2.58 bits per heavy atom. The first-order valence-electron chi connectivity index (χ1n) is 7.65. The first-order chi connectivity index (χ1) is 11.3. The standard InChI is InChI=1S/C17H21BrN4O2/c1-17(2,3)16(24)19-9-8-15(23)21-13-6-4-5-7-14(13)22-11-12(18)10-20-22/h4-7,10-11H,8-9H2,1-3H3,(H,19,24)(H,21,23). The highest BCUT2D eigenvalue weighted by Crippen LogP contribution is 2.21. The lowest BCUT2D eigenvalue weighted by molar-refractivity contribution is -0.128. The minimum Gasteiger partial charge on any atom is -0.355 e. The molecule has 1 heterocycles. The van der Waals surface area contributed by atoms with Gasteiger partial charge in [-0.1, -0.05) is 32.9 Å². The van der Waals surface area contributed by atoms with Crippen LogP contribution in [0.2, 0.25) is 0 Å². The molecule has 0 fully saturated rings. The second-order valence-corrected chi connectivity index (χ2v) is 7.34. The fraction of sp³-hybridized carbons (Fsp3) is 0.353. The van der Waals surface area contributed by atoms with Gasteiger partial charge in [0.15, 0.2) is 0 Å². The van der Waals surface area contributed by atoms with Crippen molar-refractivity contribution in [2.24, 2.45) is 5.41 Å². The van der Waals surface area contributed by atoms with Gasteiger partial charge in [0.1, 0.15) is 0 Å². The van der Waals surface area contributed by atoms with Crippen LogP contribution in [0, 0.1) is 5.41 Å². The van der Waals surface area contributed by atoms with Crippen LogP contribution < -0.4 is 10.6 Å². The molecule has 7 heteroatoms. The van der Waals surface area contributed by atoms with Crippen LogP contribution in [0.25, 0.3) is 5.69 Å². The number of nitrogens with one attached hydrogen (secondary N) is 2. The molecule has 0 unspecified atom stereocenters. The quantitative estimate of drug-likeness (QED) is 0.820. The fourth-order valence-corrected chi connectivity index (χ4v) is 2.26. The normalized spacial score (nSPS) is 11.2. The fourth-order valence-electron chi connectivity index (χ4n) is 1.98. The van der Waals surface area contributed by atoms with E-state index in [0.29, 0.717) is 12.2 Å². The minimum atomic E-state index is -0.462. The van der Waals surface area contributed by atoms with Gasteiger partial charge in [0.25, 0.3) is 0 Å². The van der Waals surface area contributed by atoms with Crippen molar-refractivity contribution in [1.29, 1.82) is 0 Å². The van der Waals surface area contributed by atoms with Gasteiger partial charge < -0.3 is 10.6 Å². The van der Waals surface area contributed by atoms with Crippen LogP contribution in [0.15, 0.2) is 41.1 Å². The van der Waals surface area contributed by atoms with Crippen molar-refractivity contribution in [3.8, 4) is 5.69 Å². The van der Waals surface area contributed by atoms with Gasteiger partial charge in [0.2, 0.25) is 11.8 Å². The number of amides is 2. The first-order valence-corrected chi connectivity index (χ1v) is 8.44. The second-order valence-electron chi connectivity index (χ2n) is 6.42. The molecule has 0 aliphatic heterocycles. The topological polar surface area (TPSA) is 76.0 Å². The van der Waals surface area contributed by atoms with Gasteiger partial charge in [-0.3, -0.25) is 9.59 Å². The number of anilines is 1. The van der Waals surface area contributed by atoms with Crippen molar-refractivity contribution in [3.05, 3.63) is 41.1 Å². The van der Waals surface area contributed by atoms with Gasteiger partial charge in [-0.15, -0.1) is 0 Å². The number of para-hydroxylation sites is 2. The summed E-state index contributed by atoms with van der Waals surface area (Å²) >= 11 is 3.36. The number of nitrogens with zero attached hydrogens (tertiary/aromatic N) is 2. The molecule has 0 bridgehead atoms. The molecule has 0 aliphatic carbocycles. The number of hydrogen-bond acceptors (Lipinski definition) is 3. The molecule has 1 aromatic carbocycles. The lowest BCUT2D eigenvalue weighted by atomic mass is 9.96. The van der Waals surface area contributed by atoms with E-state index in [1.54, 1.807) is 10.9 Å². The van der Waals surface area contributed by atoms with Crippen LogP contribution in [-0.2, 0) is 9.59 Å². The molecule has 0 atom stereocenters. The van der Waals surface area contributed by atoms with Gasteiger partial charge in [0.05, 0.1) is 22.0 Å². The molecule has 0 saturated carbocycles. The SMILES string of the molecule is CC(C)(C)C(=O)NCCC(=O)Nc1ccccc1-n1cc(Br)cn1. The van der Waals surface area contributed by atoms with E-state index in [0.717, 1.165) is 10.2 Å². The van der Waals surface area contributed by atoms with Crippen LogP contribution in [0.5, 0.6) is 0 Å². The number of aromatic nitrogens is 2. The highest BCUT2D eigenvalue weighted by Gasteiger charge is 2.20. The molecule has 2 aromatic rings. The molecule has 1 aromatic heterocycles. The number of benzene rings is 1. The van der Waals surface area contributed by atoms with Crippen LogP contribution in [0.1, 0.15) is 27.2 Å². The Labute approximate surface area is 149 Å². The molecule has 0 radical (unpaired) electrons. The van der Waals surface area contributed by atoms with E-state index >= 15 is 0 Å². The number of carbonyl (C=O) groups excluding carboxylic acids is 2. The number of halogens is 1. The van der Waals surface area contributed by atoms with E-state index in [4.69, 9.17) is 0 Å². The Kier molecular flexibility index (Phi) is 5.77. The van der Waals surface area contributed by atoms with Crippen molar-refractivity contribution in [1.82, 2.24) is 15.1 Å². The highest BCUT2D eigenvalue weighted by atomic mass is 79.9. The van der Waals surface area contributed by atoms with E-state index in [-0.39, 0.29) is 18.2 Å². The summed E-state index contributed by atoms with van der Waals surface area (Å²) in [6.45, 7) is 5.81. The Morgan fingerprint density at radius 1 is 1.25 bits per heavy atom. The maximum atomic E-state index is 12.1. The van der Waals surface area contributed by atoms with Crippen molar-refractivity contribution >= 4 is 33.4 Å². The van der Waals surface area contributed by atoms with Crippen LogP contribution in [0.3, 0.4) is 0 Å². The molecule has 0 saturated heterocycles. The third kappa shape index (κ3) is 4.92. The molecular formula is C17H21BrN4O2. The van der Waals surface area contributed by atoms with Crippen molar-refractivity contribution < 1.29 is 9.59 Å². The monoisotopic (exact) mass is 392 g/mol. The Hall–Kier alpha value is -2.15. The van der Waals surface area contributed by atoms with E-state index < -0.39 is 5.41 Å². The van der Waals surface area contributed by atoms with Gasteiger partial charge in [-0.2, -0.15) is 5.10 Å². The summed E-state index contributed by atoms with van der Waals surface area (Å²) < 4.78 is 2.54. The minimum absolute atomic E-state index is 0.0721. The van der Waals surface area contributed by atoms with Crippen LogP contribution in [-0.4, -0.2) is 28.1 Å². The van der Waals surface area contributed by atoms with Gasteiger partial charge in [0, 0.05) is 24.6 Å². The molecule has 2 rings (SSSR count). The van der Waals surface area contributed by atoms with Gasteiger partial charge in [-0.05, 0) is 28.1 Å². The van der Waals surface area contributed by atoms with Crippen molar-refractivity contribution in [3.63, 3.8) is 0 Å². The lowest BCUT2D eigenvalue weighted by Gasteiger charge is -2.17. The highest BCUT2D eigenvalue weighted by molar-refractivity contribution is 9.10. The lowest BCUT2D eigenvalue weighted by Crippen LogP contribution is -2.36. The number of hydrogen-bond donors (Lipinski definition) is 2. The smallest absolute Gasteiger partial charge is 0.226 e. The summed E-state index contributed by atoms with van der Waals surface area (Å²) in [6.07, 6.45) is 3.70. The molecule has 2 N–H and O–H groups in total. The Balaban J connectivity index is 1.96. The Bertz CT molecular complexity index is 734. The zero-order chi connectivity index (χ0) is 17.7. The summed E-state index contributed by atoms with van der Waals surface area (Å²) in [4.78, 5) is 23.9. The van der Waals surface area contributed by atoms with E-state index in [2.05, 4.69) is 31.7 Å². The van der Waals surface area contributed by atoms with Crippen LogP contribution >= 0.6 is 15.9 Å². The van der Waals surface area contributed by atoms with Crippen molar-refractivity contribution in [2.75, 3.05) is 11.9 Å². The predicted molar refractivity (Wildman–Crippen MR) is 97.0 cm³/mol. The zero-order valence-electron chi connectivity index (χ0n) is 14.0. The molecule has 0 spiro atoms. The maximum Gasteiger partial charge on any atom is 0.226 e. The third-order valence-electron chi connectivity index (χ3n) is 3.29. The van der Waals surface area contributed by atoms with Gasteiger partial charge in [-0.25, -0.2) is 4.68 Å². The van der Waals surface area contributed by atoms with E-state index in [9.17, 15) is 9.59 Å². The summed E-state index contributed by atoms with van der Waals surface area (Å²) in [6, 6.07) is 7.41. The van der Waals surface area contributed by atoms with E-state index in [1.165, 1.54) is 0 Å². The first kappa shape index (κ1) is 18.2. The Morgan fingerprint density at radius 2 is 1.96 bits per heavy atom. The molecule has 6 nitrogen and oxygen atoms in total. The molecular weight excluding hydrogens is 372 g/mol. The largest absolute Gasteiger partial charge is 0.355 e. The third-order valence-corrected chi connectivity index (χ3v) is 3.70. The average molecular weight is 393 g/mol. The maximum absolute atomic E-state index is 12.1. The summed E-state index contributed by atoms with van der Waals surface area (Å²) in [5.74, 6) is -0.236. The number of carbonyl (C=O) groups is 2. The second kappa shape index (κ2) is 7.61. The average Bonchev–Trinajstić information content (AvgIpc) is 2.93. The summed E-state index contributed by atoms with van der Waals surface area (Å²) in [5, 5.41) is 9.86. The van der Waals surface area contributed by atoms with Crippen molar-refractivity contribution in [2.45, 2.75) is 27.2 Å². The molecule has 0 aliphatic rings. The van der Waals surface area contributed by atoms with Gasteiger partial charge >= 0.3 is 0 Å². The zero-order valence-corrected chi connectivity index (χ0v) is 15.6. The molecule has 128 valence electrons. The molecule has 24 heavy (non-hydrogen) atoms. The van der Waals surface area contributed by atoms with Crippen LogP contribution in [0.4, 0.5) is 5.69 Å². The molecule has 2 amide bonds. The summed E-state index contributed by atoms with van der Waals surface area (Å²) in [5.41, 5.74) is 0.979. The summed E-state index contributed by atoms with van der Waals surface area (Å²) in [7, 11) is 0. The number of rotatable bonds is 5. The van der Waals surface area contributed by atoms with E-state index in [1.807, 2.05) is 51.2 Å². The predicted octanol–water partition coefficient (Wildman–Crippen LogP) is 3.13.